The van der Waals surface area contributed by atoms with Gasteiger partial charge in [-0.1, -0.05) is 0 Å². The highest BCUT2D eigenvalue weighted by Gasteiger charge is 2.26. The summed E-state index contributed by atoms with van der Waals surface area (Å²) in [7, 11) is 0. The first kappa shape index (κ1) is 12.0. The van der Waals surface area contributed by atoms with Crippen LogP contribution in [0.4, 0.5) is 4.39 Å². The molecular formula is C14H14FN3O. The fourth-order valence-corrected chi connectivity index (χ4v) is 2.90. The monoisotopic (exact) mass is 259 g/mol. The number of Topliss-reactive ketones (excluding diaryl/α,β-unsaturated/α-hetero) is 1. The Morgan fingerprint density at radius 3 is 2.84 bits per heavy atom. The Morgan fingerprint density at radius 1 is 1.37 bits per heavy atom. The van der Waals surface area contributed by atoms with Crippen LogP contribution in [-0.4, -0.2) is 20.3 Å². The van der Waals surface area contributed by atoms with Crippen molar-refractivity contribution in [3.05, 3.63) is 35.3 Å². The number of fused-ring (bicyclic) bond motifs is 1. The maximum atomic E-state index is 13.2. The van der Waals surface area contributed by atoms with Crippen LogP contribution in [0.5, 0.6) is 0 Å². The molecule has 1 aliphatic heterocycles. The van der Waals surface area contributed by atoms with Gasteiger partial charge in [0.05, 0.1) is 11.4 Å². The van der Waals surface area contributed by atoms with E-state index in [0.717, 1.165) is 35.5 Å². The molecule has 0 aliphatic carbocycles. The summed E-state index contributed by atoms with van der Waals surface area (Å²) in [4.78, 5) is 19.3. The molecule has 4 nitrogen and oxygen atoms in total. The van der Waals surface area contributed by atoms with E-state index in [1.54, 1.807) is 6.07 Å². The lowest BCUT2D eigenvalue weighted by atomic mass is 10.0. The standard InChI is InChI=1S/C14H14FN3O/c1-8-12(10-5-6-16-14(15)17-10)9(2)18-7-3-4-11(19)13(8)18/h5-6H,3-4,7H2,1-2H3. The van der Waals surface area contributed by atoms with Crippen molar-refractivity contribution in [2.45, 2.75) is 33.2 Å². The highest BCUT2D eigenvalue weighted by atomic mass is 19.1. The summed E-state index contributed by atoms with van der Waals surface area (Å²) in [6.07, 6.45) is 2.10. The molecule has 1 aliphatic rings. The average Bonchev–Trinajstić information content (AvgIpc) is 2.63. The predicted octanol–water partition coefficient (Wildman–Crippen LogP) is 2.68. The molecule has 0 spiro atoms. The molecule has 5 heteroatoms. The Morgan fingerprint density at radius 2 is 2.16 bits per heavy atom. The van der Waals surface area contributed by atoms with Gasteiger partial charge in [0.1, 0.15) is 0 Å². The average molecular weight is 259 g/mol. The van der Waals surface area contributed by atoms with Crippen LogP contribution < -0.4 is 0 Å². The van der Waals surface area contributed by atoms with Gasteiger partial charge in [-0.3, -0.25) is 4.79 Å². The van der Waals surface area contributed by atoms with Crippen molar-refractivity contribution in [3.8, 4) is 11.3 Å². The molecular weight excluding hydrogens is 245 g/mol. The van der Waals surface area contributed by atoms with Gasteiger partial charge in [-0.05, 0) is 31.9 Å². The molecule has 3 heterocycles. The van der Waals surface area contributed by atoms with Crippen molar-refractivity contribution in [2.75, 3.05) is 0 Å². The summed E-state index contributed by atoms with van der Waals surface area (Å²) in [5, 5.41) is 0. The number of halogens is 1. The third-order valence-electron chi connectivity index (χ3n) is 3.70. The van der Waals surface area contributed by atoms with Gasteiger partial charge in [0, 0.05) is 30.4 Å². The Balaban J connectivity index is 2.26. The Kier molecular flexibility index (Phi) is 2.69. The minimum Gasteiger partial charge on any atom is -0.342 e. The van der Waals surface area contributed by atoms with Gasteiger partial charge in [0.25, 0.3) is 0 Å². The molecule has 19 heavy (non-hydrogen) atoms. The van der Waals surface area contributed by atoms with E-state index in [4.69, 9.17) is 0 Å². The molecule has 0 amide bonds. The number of carbonyl (C=O) groups is 1. The van der Waals surface area contributed by atoms with Crippen molar-refractivity contribution in [1.29, 1.82) is 0 Å². The summed E-state index contributed by atoms with van der Waals surface area (Å²) < 4.78 is 15.2. The lowest BCUT2D eigenvalue weighted by Crippen LogP contribution is -2.17. The van der Waals surface area contributed by atoms with Gasteiger partial charge < -0.3 is 4.57 Å². The normalized spacial score (nSPS) is 14.6. The highest BCUT2D eigenvalue weighted by Crippen LogP contribution is 2.33. The number of ketones is 1. The number of hydrogen-bond acceptors (Lipinski definition) is 3. The van der Waals surface area contributed by atoms with Crippen LogP contribution in [0.15, 0.2) is 12.3 Å². The van der Waals surface area contributed by atoms with Crippen molar-refractivity contribution < 1.29 is 9.18 Å². The van der Waals surface area contributed by atoms with Crippen LogP contribution in [-0.2, 0) is 6.54 Å². The summed E-state index contributed by atoms with van der Waals surface area (Å²) in [5.41, 5.74) is 4.00. The SMILES string of the molecule is Cc1c(-c2ccnc(F)n2)c(C)n2c1C(=O)CCC2. The Labute approximate surface area is 110 Å². The molecule has 98 valence electrons. The number of nitrogens with zero attached hydrogens (tertiary/aromatic N) is 3. The van der Waals surface area contributed by atoms with E-state index in [-0.39, 0.29) is 5.78 Å². The molecule has 0 aromatic carbocycles. The zero-order valence-electron chi connectivity index (χ0n) is 10.9. The lowest BCUT2D eigenvalue weighted by Gasteiger charge is -2.16. The lowest BCUT2D eigenvalue weighted by molar-refractivity contribution is 0.0954. The van der Waals surface area contributed by atoms with Gasteiger partial charge in [-0.25, -0.2) is 9.97 Å². The van der Waals surface area contributed by atoms with Crippen LogP contribution in [0.2, 0.25) is 0 Å². The van der Waals surface area contributed by atoms with E-state index >= 15 is 0 Å². The first-order chi connectivity index (χ1) is 9.09. The van der Waals surface area contributed by atoms with E-state index in [9.17, 15) is 9.18 Å². The third-order valence-corrected chi connectivity index (χ3v) is 3.70. The van der Waals surface area contributed by atoms with Gasteiger partial charge in [-0.15, -0.1) is 0 Å². The molecule has 0 bridgehead atoms. The second-order valence-corrected chi connectivity index (χ2v) is 4.82. The second kappa shape index (κ2) is 4.26. The quantitative estimate of drug-likeness (QED) is 0.740. The molecule has 2 aromatic rings. The molecule has 2 aromatic heterocycles. The van der Waals surface area contributed by atoms with Gasteiger partial charge in [-0.2, -0.15) is 4.39 Å². The van der Waals surface area contributed by atoms with Crippen LogP contribution in [0.3, 0.4) is 0 Å². The number of hydrogen-bond donors (Lipinski definition) is 0. The number of rotatable bonds is 1. The van der Waals surface area contributed by atoms with Crippen molar-refractivity contribution >= 4 is 5.78 Å². The minimum atomic E-state index is -0.744. The molecule has 0 fully saturated rings. The van der Waals surface area contributed by atoms with Crippen LogP contribution >= 0.6 is 0 Å². The first-order valence-electron chi connectivity index (χ1n) is 6.31. The molecule has 3 rings (SSSR count). The minimum absolute atomic E-state index is 0.160. The molecule has 0 N–H and O–H groups in total. The van der Waals surface area contributed by atoms with E-state index in [2.05, 4.69) is 9.97 Å². The molecule has 0 atom stereocenters. The van der Waals surface area contributed by atoms with E-state index in [1.165, 1.54) is 6.20 Å². The first-order valence-corrected chi connectivity index (χ1v) is 6.31. The van der Waals surface area contributed by atoms with Crippen LogP contribution in [0, 0.1) is 19.9 Å². The largest absolute Gasteiger partial charge is 0.342 e. The van der Waals surface area contributed by atoms with E-state index in [0.29, 0.717) is 12.1 Å². The molecule has 0 radical (unpaired) electrons. The molecule has 0 saturated heterocycles. The van der Waals surface area contributed by atoms with Crippen molar-refractivity contribution in [2.24, 2.45) is 0 Å². The van der Waals surface area contributed by atoms with Crippen molar-refractivity contribution in [1.82, 2.24) is 14.5 Å². The second-order valence-electron chi connectivity index (χ2n) is 4.82. The Bertz CT molecular complexity index is 676. The van der Waals surface area contributed by atoms with Crippen molar-refractivity contribution in [3.63, 3.8) is 0 Å². The highest BCUT2D eigenvalue weighted by molar-refractivity contribution is 5.99. The fourth-order valence-electron chi connectivity index (χ4n) is 2.90. The van der Waals surface area contributed by atoms with E-state index < -0.39 is 6.08 Å². The number of aromatic nitrogens is 3. The maximum Gasteiger partial charge on any atom is 0.309 e. The molecule has 0 saturated carbocycles. The van der Waals surface area contributed by atoms with Gasteiger partial charge in [0.2, 0.25) is 0 Å². The Hall–Kier alpha value is -2.04. The van der Waals surface area contributed by atoms with E-state index in [1.807, 2.05) is 18.4 Å². The molecule has 0 unspecified atom stereocenters. The zero-order valence-corrected chi connectivity index (χ0v) is 10.9. The summed E-state index contributed by atoms with van der Waals surface area (Å²) in [6, 6.07) is 1.68. The summed E-state index contributed by atoms with van der Waals surface area (Å²) >= 11 is 0. The predicted molar refractivity (Wildman–Crippen MR) is 68.5 cm³/mol. The van der Waals surface area contributed by atoms with Crippen LogP contribution in [0.25, 0.3) is 11.3 Å². The van der Waals surface area contributed by atoms with Gasteiger partial charge in [0.15, 0.2) is 5.78 Å². The topological polar surface area (TPSA) is 47.8 Å². The maximum absolute atomic E-state index is 13.2. The van der Waals surface area contributed by atoms with Gasteiger partial charge >= 0.3 is 6.08 Å². The third kappa shape index (κ3) is 1.77. The van der Waals surface area contributed by atoms with Crippen LogP contribution in [0.1, 0.15) is 34.6 Å². The smallest absolute Gasteiger partial charge is 0.309 e. The zero-order chi connectivity index (χ0) is 13.6. The summed E-state index contributed by atoms with van der Waals surface area (Å²) in [6.45, 7) is 4.68. The number of carbonyl (C=O) groups excluding carboxylic acids is 1. The fraction of sp³-hybridized carbons (Fsp3) is 0.357. The summed E-state index contributed by atoms with van der Waals surface area (Å²) in [5.74, 6) is 0.160.